The summed E-state index contributed by atoms with van der Waals surface area (Å²) in [4.78, 5) is 12.1. The summed E-state index contributed by atoms with van der Waals surface area (Å²) in [7, 11) is 0. The Labute approximate surface area is 115 Å². The second-order valence-electron chi connectivity index (χ2n) is 5.33. The Balaban J connectivity index is 1.92. The highest BCUT2D eigenvalue weighted by Crippen LogP contribution is 2.22. The molecule has 3 heteroatoms. The fourth-order valence-electron chi connectivity index (χ4n) is 2.69. The minimum absolute atomic E-state index is 0.00564. The molecule has 1 aromatic rings. The van der Waals surface area contributed by atoms with Crippen LogP contribution in [0.1, 0.15) is 47.7 Å². The SMILES string of the molecule is CCC(CCO)CNC(=O)c1ccc2c(c1)CCC2. The minimum Gasteiger partial charge on any atom is -0.396 e. The summed E-state index contributed by atoms with van der Waals surface area (Å²) < 4.78 is 0. The highest BCUT2D eigenvalue weighted by Gasteiger charge is 2.14. The molecule has 1 unspecified atom stereocenters. The lowest BCUT2D eigenvalue weighted by molar-refractivity contribution is 0.0943. The molecule has 0 spiro atoms. The van der Waals surface area contributed by atoms with Crippen molar-refractivity contribution in [2.24, 2.45) is 5.92 Å². The van der Waals surface area contributed by atoms with Crippen LogP contribution in [-0.4, -0.2) is 24.2 Å². The Hall–Kier alpha value is -1.35. The van der Waals surface area contributed by atoms with Crippen LogP contribution >= 0.6 is 0 Å². The molecular formula is C16H23NO2. The summed E-state index contributed by atoms with van der Waals surface area (Å²) in [6, 6.07) is 6.04. The molecular weight excluding hydrogens is 238 g/mol. The first-order valence-corrected chi connectivity index (χ1v) is 7.25. The molecule has 1 aromatic carbocycles. The van der Waals surface area contributed by atoms with Gasteiger partial charge in [-0.15, -0.1) is 0 Å². The maximum absolute atomic E-state index is 12.1. The van der Waals surface area contributed by atoms with E-state index in [1.807, 2.05) is 12.1 Å². The lowest BCUT2D eigenvalue weighted by atomic mass is 10.0. The summed E-state index contributed by atoms with van der Waals surface area (Å²) in [6.07, 6.45) is 5.17. The van der Waals surface area contributed by atoms with E-state index in [4.69, 9.17) is 5.11 Å². The van der Waals surface area contributed by atoms with Gasteiger partial charge in [0.25, 0.3) is 5.91 Å². The zero-order chi connectivity index (χ0) is 13.7. The zero-order valence-corrected chi connectivity index (χ0v) is 11.6. The van der Waals surface area contributed by atoms with Gasteiger partial charge in [0.15, 0.2) is 0 Å². The maximum Gasteiger partial charge on any atom is 0.251 e. The number of rotatable bonds is 6. The van der Waals surface area contributed by atoms with E-state index < -0.39 is 0 Å². The van der Waals surface area contributed by atoms with Crippen LogP contribution in [0, 0.1) is 5.92 Å². The molecule has 0 bridgehead atoms. The van der Waals surface area contributed by atoms with Crippen molar-refractivity contribution in [3.63, 3.8) is 0 Å². The number of hydrogen-bond acceptors (Lipinski definition) is 2. The van der Waals surface area contributed by atoms with E-state index in [1.54, 1.807) is 0 Å². The highest BCUT2D eigenvalue weighted by atomic mass is 16.3. The van der Waals surface area contributed by atoms with E-state index >= 15 is 0 Å². The summed E-state index contributed by atoms with van der Waals surface area (Å²) >= 11 is 0. The van der Waals surface area contributed by atoms with Crippen LogP contribution in [0.2, 0.25) is 0 Å². The largest absolute Gasteiger partial charge is 0.396 e. The van der Waals surface area contributed by atoms with Crippen LogP contribution in [0.4, 0.5) is 0 Å². The number of aliphatic hydroxyl groups excluding tert-OH is 1. The second kappa shape index (κ2) is 6.71. The molecule has 2 N–H and O–H groups in total. The van der Waals surface area contributed by atoms with Crippen molar-refractivity contribution in [1.29, 1.82) is 0 Å². The lowest BCUT2D eigenvalue weighted by Gasteiger charge is -2.14. The second-order valence-corrected chi connectivity index (χ2v) is 5.33. The van der Waals surface area contributed by atoms with Gasteiger partial charge in [-0.25, -0.2) is 0 Å². The van der Waals surface area contributed by atoms with Gasteiger partial charge in [0.05, 0.1) is 0 Å². The molecule has 0 fully saturated rings. The topological polar surface area (TPSA) is 49.3 Å². The molecule has 104 valence electrons. The number of carbonyl (C=O) groups excluding carboxylic acids is 1. The van der Waals surface area contributed by atoms with Gasteiger partial charge in [-0.3, -0.25) is 4.79 Å². The van der Waals surface area contributed by atoms with E-state index in [2.05, 4.69) is 18.3 Å². The third-order valence-electron chi connectivity index (χ3n) is 4.03. The van der Waals surface area contributed by atoms with Crippen molar-refractivity contribution in [2.45, 2.75) is 39.0 Å². The summed E-state index contributed by atoms with van der Waals surface area (Å²) in [6.45, 7) is 2.92. The van der Waals surface area contributed by atoms with Crippen molar-refractivity contribution in [3.8, 4) is 0 Å². The van der Waals surface area contributed by atoms with Gasteiger partial charge in [0, 0.05) is 18.7 Å². The van der Waals surface area contributed by atoms with Gasteiger partial charge in [0.2, 0.25) is 0 Å². The molecule has 1 atom stereocenters. The molecule has 0 saturated carbocycles. The predicted molar refractivity (Wildman–Crippen MR) is 76.3 cm³/mol. The van der Waals surface area contributed by atoms with Crippen molar-refractivity contribution in [2.75, 3.05) is 13.2 Å². The molecule has 19 heavy (non-hydrogen) atoms. The third kappa shape index (κ3) is 3.57. The van der Waals surface area contributed by atoms with Crippen LogP contribution in [0.5, 0.6) is 0 Å². The fraction of sp³-hybridized carbons (Fsp3) is 0.562. The van der Waals surface area contributed by atoms with E-state index in [1.165, 1.54) is 17.5 Å². The molecule has 0 aliphatic heterocycles. The molecule has 1 amide bonds. The van der Waals surface area contributed by atoms with E-state index in [0.29, 0.717) is 12.5 Å². The van der Waals surface area contributed by atoms with Crippen molar-refractivity contribution < 1.29 is 9.90 Å². The normalized spacial score (nSPS) is 15.1. The first-order chi connectivity index (χ1) is 9.24. The number of amides is 1. The Kier molecular flexibility index (Phi) is 4.97. The van der Waals surface area contributed by atoms with Crippen molar-refractivity contribution >= 4 is 5.91 Å². The van der Waals surface area contributed by atoms with Crippen molar-refractivity contribution in [1.82, 2.24) is 5.32 Å². The van der Waals surface area contributed by atoms with Crippen LogP contribution in [0.3, 0.4) is 0 Å². The number of fused-ring (bicyclic) bond motifs is 1. The van der Waals surface area contributed by atoms with Crippen LogP contribution in [0.15, 0.2) is 18.2 Å². The van der Waals surface area contributed by atoms with Crippen LogP contribution < -0.4 is 5.32 Å². The molecule has 0 heterocycles. The van der Waals surface area contributed by atoms with Gasteiger partial charge < -0.3 is 10.4 Å². The smallest absolute Gasteiger partial charge is 0.251 e. The van der Waals surface area contributed by atoms with E-state index in [-0.39, 0.29) is 12.5 Å². The standard InChI is InChI=1S/C16H23NO2/c1-2-12(8-9-18)11-17-16(19)15-7-6-13-4-3-5-14(13)10-15/h6-7,10,12,18H,2-5,8-9,11H2,1H3,(H,17,19). The molecule has 1 aliphatic rings. The quantitative estimate of drug-likeness (QED) is 0.825. The van der Waals surface area contributed by atoms with Crippen LogP contribution in [-0.2, 0) is 12.8 Å². The van der Waals surface area contributed by atoms with Gasteiger partial charge in [-0.05, 0) is 54.9 Å². The Morgan fingerprint density at radius 2 is 2.16 bits per heavy atom. The van der Waals surface area contributed by atoms with Gasteiger partial charge in [0.1, 0.15) is 0 Å². The average Bonchev–Trinajstić information content (AvgIpc) is 2.90. The summed E-state index contributed by atoms with van der Waals surface area (Å²) in [5, 5.41) is 11.9. The van der Waals surface area contributed by atoms with Gasteiger partial charge in [-0.1, -0.05) is 19.4 Å². The molecule has 3 nitrogen and oxygen atoms in total. The molecule has 2 rings (SSSR count). The number of aliphatic hydroxyl groups is 1. The Morgan fingerprint density at radius 1 is 1.37 bits per heavy atom. The lowest BCUT2D eigenvalue weighted by Crippen LogP contribution is -2.29. The number of hydrogen-bond donors (Lipinski definition) is 2. The Morgan fingerprint density at radius 3 is 2.89 bits per heavy atom. The molecule has 0 saturated heterocycles. The summed E-state index contributed by atoms with van der Waals surface area (Å²) in [5.41, 5.74) is 3.48. The third-order valence-corrected chi connectivity index (χ3v) is 4.03. The zero-order valence-electron chi connectivity index (χ0n) is 11.6. The number of carbonyl (C=O) groups is 1. The highest BCUT2D eigenvalue weighted by molar-refractivity contribution is 5.94. The number of nitrogens with one attached hydrogen (secondary N) is 1. The predicted octanol–water partition coefficient (Wildman–Crippen LogP) is 2.31. The monoisotopic (exact) mass is 261 g/mol. The van der Waals surface area contributed by atoms with E-state index in [0.717, 1.165) is 31.2 Å². The first kappa shape index (κ1) is 14.1. The molecule has 1 aliphatic carbocycles. The summed E-state index contributed by atoms with van der Waals surface area (Å²) in [5.74, 6) is 0.370. The number of aryl methyl sites for hydroxylation is 2. The van der Waals surface area contributed by atoms with Crippen LogP contribution in [0.25, 0.3) is 0 Å². The fourth-order valence-corrected chi connectivity index (χ4v) is 2.69. The molecule has 0 aromatic heterocycles. The maximum atomic E-state index is 12.1. The molecule has 0 radical (unpaired) electrons. The minimum atomic E-state index is 0.00564. The van der Waals surface area contributed by atoms with E-state index in [9.17, 15) is 4.79 Å². The van der Waals surface area contributed by atoms with Crippen molar-refractivity contribution in [3.05, 3.63) is 34.9 Å². The number of benzene rings is 1. The Bertz CT molecular complexity index is 442. The average molecular weight is 261 g/mol. The van der Waals surface area contributed by atoms with Gasteiger partial charge in [-0.2, -0.15) is 0 Å². The first-order valence-electron chi connectivity index (χ1n) is 7.25. The van der Waals surface area contributed by atoms with Gasteiger partial charge >= 0.3 is 0 Å².